The van der Waals surface area contributed by atoms with Crippen molar-refractivity contribution >= 4 is 11.3 Å². The zero-order chi connectivity index (χ0) is 15.3. The predicted octanol–water partition coefficient (Wildman–Crippen LogP) is 3.97. The number of rotatable bonds is 6. The molecule has 0 aliphatic rings. The fraction of sp³-hybridized carbons (Fsp3) is 0.429. The number of thiazole rings is 1. The maximum atomic E-state index is 12.9. The number of aromatic nitrogens is 2. The highest BCUT2D eigenvalue weighted by molar-refractivity contribution is 7.09. The summed E-state index contributed by atoms with van der Waals surface area (Å²) in [6.45, 7) is 3.57. The van der Waals surface area contributed by atoms with Gasteiger partial charge in [-0.05, 0) is 24.6 Å². The number of nitrogens with zero attached hydrogens (tertiary/aromatic N) is 3. The van der Waals surface area contributed by atoms with Crippen molar-refractivity contribution in [3.63, 3.8) is 0 Å². The Morgan fingerprint density at radius 1 is 1.29 bits per heavy atom. The van der Waals surface area contributed by atoms with Gasteiger partial charge in [0.2, 0.25) is 0 Å². The second kappa shape index (κ2) is 7.00. The number of pyridine rings is 1. The van der Waals surface area contributed by atoms with E-state index in [9.17, 15) is 13.2 Å². The molecule has 2 heterocycles. The highest BCUT2D eigenvalue weighted by Gasteiger charge is 2.36. The molecule has 2 aromatic heterocycles. The Kier molecular flexibility index (Phi) is 5.30. The Bertz CT molecular complexity index is 554. The number of halogens is 3. The molecule has 0 spiro atoms. The second-order valence-electron chi connectivity index (χ2n) is 4.69. The molecule has 0 atom stereocenters. The van der Waals surface area contributed by atoms with E-state index >= 15 is 0 Å². The molecule has 0 aliphatic carbocycles. The summed E-state index contributed by atoms with van der Waals surface area (Å²) in [5.41, 5.74) is 1.48. The summed E-state index contributed by atoms with van der Waals surface area (Å²) in [6, 6.07) is 3.75. The normalized spacial score (nSPS) is 12.0. The van der Waals surface area contributed by atoms with Crippen LogP contribution in [0.15, 0.2) is 30.0 Å². The van der Waals surface area contributed by atoms with Gasteiger partial charge in [-0.25, -0.2) is 4.98 Å². The van der Waals surface area contributed by atoms with Crippen LogP contribution in [0.3, 0.4) is 0 Å². The summed E-state index contributed by atoms with van der Waals surface area (Å²) in [6.07, 6.45) is -0.0967. The Morgan fingerprint density at radius 2 is 2.10 bits per heavy atom. The number of hydrogen-bond acceptors (Lipinski definition) is 4. The van der Waals surface area contributed by atoms with E-state index in [4.69, 9.17) is 0 Å². The van der Waals surface area contributed by atoms with Crippen molar-refractivity contribution in [1.29, 1.82) is 0 Å². The van der Waals surface area contributed by atoms with Crippen LogP contribution in [0.5, 0.6) is 0 Å². The van der Waals surface area contributed by atoms with E-state index in [1.165, 1.54) is 5.51 Å². The third-order valence-corrected chi connectivity index (χ3v) is 3.76. The van der Waals surface area contributed by atoms with Gasteiger partial charge in [0.15, 0.2) is 5.69 Å². The van der Waals surface area contributed by atoms with Gasteiger partial charge < -0.3 is 0 Å². The van der Waals surface area contributed by atoms with Crippen LogP contribution >= 0.6 is 11.3 Å². The smallest absolute Gasteiger partial charge is 0.294 e. The van der Waals surface area contributed by atoms with Gasteiger partial charge in [0.05, 0.1) is 10.4 Å². The van der Waals surface area contributed by atoms with Gasteiger partial charge in [0.1, 0.15) is 0 Å². The lowest BCUT2D eigenvalue weighted by Gasteiger charge is -2.21. The standard InChI is InChI=1S/C14H16F3N3S/c1-2-6-20(8-11-4-3-5-18-7-11)9-12-13(14(15,16)17)19-10-21-12/h3-5,7,10H,2,6,8-9H2,1H3. The second-order valence-corrected chi connectivity index (χ2v) is 5.63. The van der Waals surface area contributed by atoms with Crippen molar-refractivity contribution in [1.82, 2.24) is 14.9 Å². The van der Waals surface area contributed by atoms with Crippen molar-refractivity contribution in [3.8, 4) is 0 Å². The molecule has 21 heavy (non-hydrogen) atoms. The molecule has 0 radical (unpaired) electrons. The molecule has 114 valence electrons. The van der Waals surface area contributed by atoms with Crippen molar-refractivity contribution in [2.24, 2.45) is 0 Å². The van der Waals surface area contributed by atoms with E-state index in [1.807, 2.05) is 24.0 Å². The van der Waals surface area contributed by atoms with Crippen molar-refractivity contribution < 1.29 is 13.2 Å². The van der Waals surface area contributed by atoms with E-state index in [0.717, 1.165) is 29.9 Å². The molecular weight excluding hydrogens is 299 g/mol. The maximum absolute atomic E-state index is 12.9. The van der Waals surface area contributed by atoms with Crippen molar-refractivity contribution in [3.05, 3.63) is 46.2 Å². The average Bonchev–Trinajstić information content (AvgIpc) is 2.88. The first kappa shape index (κ1) is 15.9. The highest BCUT2D eigenvalue weighted by atomic mass is 32.1. The largest absolute Gasteiger partial charge is 0.434 e. The van der Waals surface area contributed by atoms with Crippen LogP contribution in [-0.2, 0) is 19.3 Å². The van der Waals surface area contributed by atoms with E-state index in [0.29, 0.717) is 6.54 Å². The molecule has 0 N–H and O–H groups in total. The molecular formula is C14H16F3N3S. The quantitative estimate of drug-likeness (QED) is 0.807. The van der Waals surface area contributed by atoms with Crippen LogP contribution in [0, 0.1) is 0 Å². The monoisotopic (exact) mass is 315 g/mol. The molecule has 2 aromatic rings. The zero-order valence-electron chi connectivity index (χ0n) is 11.6. The lowest BCUT2D eigenvalue weighted by Crippen LogP contribution is -2.24. The minimum Gasteiger partial charge on any atom is -0.294 e. The average molecular weight is 315 g/mol. The van der Waals surface area contributed by atoms with Gasteiger partial charge in [-0.1, -0.05) is 13.0 Å². The number of alkyl halides is 3. The lowest BCUT2D eigenvalue weighted by molar-refractivity contribution is -0.141. The summed E-state index contributed by atoms with van der Waals surface area (Å²) < 4.78 is 38.6. The van der Waals surface area contributed by atoms with Gasteiger partial charge in [-0.3, -0.25) is 9.88 Å². The summed E-state index contributed by atoms with van der Waals surface area (Å²) in [4.78, 5) is 9.75. The Balaban J connectivity index is 2.12. The Hall–Kier alpha value is -1.47. The fourth-order valence-electron chi connectivity index (χ4n) is 2.10. The van der Waals surface area contributed by atoms with Crippen LogP contribution in [0.4, 0.5) is 13.2 Å². The molecule has 0 fully saturated rings. The van der Waals surface area contributed by atoms with E-state index < -0.39 is 11.9 Å². The fourth-order valence-corrected chi connectivity index (χ4v) is 2.92. The molecule has 7 heteroatoms. The first-order valence-corrected chi connectivity index (χ1v) is 7.49. The third kappa shape index (κ3) is 4.50. The van der Waals surface area contributed by atoms with Gasteiger partial charge in [0, 0.05) is 25.5 Å². The van der Waals surface area contributed by atoms with Crippen LogP contribution < -0.4 is 0 Å². The first-order valence-electron chi connectivity index (χ1n) is 6.61. The van der Waals surface area contributed by atoms with Gasteiger partial charge in [-0.2, -0.15) is 13.2 Å². The summed E-state index contributed by atoms with van der Waals surface area (Å²) in [7, 11) is 0. The molecule has 0 amide bonds. The molecule has 0 saturated carbocycles. The minimum atomic E-state index is -4.39. The van der Waals surface area contributed by atoms with Crippen LogP contribution in [0.25, 0.3) is 0 Å². The van der Waals surface area contributed by atoms with Crippen LogP contribution in [0.1, 0.15) is 29.5 Å². The first-order chi connectivity index (χ1) is 10.0. The van der Waals surface area contributed by atoms with E-state index in [2.05, 4.69) is 9.97 Å². The zero-order valence-corrected chi connectivity index (χ0v) is 12.4. The van der Waals surface area contributed by atoms with Crippen LogP contribution in [0.2, 0.25) is 0 Å². The Morgan fingerprint density at radius 3 is 2.71 bits per heavy atom. The summed E-state index contributed by atoms with van der Waals surface area (Å²) >= 11 is 1.05. The molecule has 0 bridgehead atoms. The Labute approximate surface area is 125 Å². The maximum Gasteiger partial charge on any atom is 0.434 e. The molecule has 0 unspecified atom stereocenters. The molecule has 3 nitrogen and oxygen atoms in total. The van der Waals surface area contributed by atoms with Gasteiger partial charge >= 0.3 is 6.18 Å². The summed E-state index contributed by atoms with van der Waals surface area (Å²) in [5, 5.41) is 0. The van der Waals surface area contributed by atoms with Crippen molar-refractivity contribution in [2.75, 3.05) is 6.54 Å². The lowest BCUT2D eigenvalue weighted by atomic mass is 10.2. The van der Waals surface area contributed by atoms with Gasteiger partial charge in [-0.15, -0.1) is 11.3 Å². The molecule has 0 aliphatic heterocycles. The number of hydrogen-bond donors (Lipinski definition) is 0. The molecule has 2 rings (SSSR count). The van der Waals surface area contributed by atoms with Crippen LogP contribution in [-0.4, -0.2) is 21.4 Å². The third-order valence-electron chi connectivity index (χ3n) is 2.95. The topological polar surface area (TPSA) is 29.0 Å². The minimum absolute atomic E-state index is 0.252. The summed E-state index contributed by atoms with van der Waals surface area (Å²) in [5.74, 6) is 0. The van der Waals surface area contributed by atoms with E-state index in [-0.39, 0.29) is 11.4 Å². The van der Waals surface area contributed by atoms with Gasteiger partial charge in [0.25, 0.3) is 0 Å². The predicted molar refractivity (Wildman–Crippen MR) is 75.8 cm³/mol. The SMILES string of the molecule is CCCN(Cc1cccnc1)Cc1scnc1C(F)(F)F. The van der Waals surface area contributed by atoms with Crippen molar-refractivity contribution in [2.45, 2.75) is 32.6 Å². The molecule has 0 saturated heterocycles. The highest BCUT2D eigenvalue weighted by Crippen LogP contribution is 2.33. The molecule has 0 aromatic carbocycles. The van der Waals surface area contributed by atoms with E-state index in [1.54, 1.807) is 12.4 Å².